The van der Waals surface area contributed by atoms with Crippen molar-refractivity contribution in [1.82, 2.24) is 14.6 Å². The van der Waals surface area contributed by atoms with Crippen molar-refractivity contribution >= 4 is 17.4 Å². The van der Waals surface area contributed by atoms with Crippen LogP contribution < -0.4 is 4.74 Å². The van der Waals surface area contributed by atoms with Gasteiger partial charge < -0.3 is 9.47 Å². The largest absolute Gasteiger partial charge is 0.474 e. The topological polar surface area (TPSA) is 48.7 Å². The van der Waals surface area contributed by atoms with Crippen molar-refractivity contribution < 1.29 is 9.47 Å². The van der Waals surface area contributed by atoms with Gasteiger partial charge in [-0.25, -0.2) is 4.98 Å². The first-order chi connectivity index (χ1) is 13.8. The number of aromatic nitrogens is 3. The van der Waals surface area contributed by atoms with Gasteiger partial charge >= 0.3 is 0 Å². The molecular weight excluding hydrogens is 370 g/mol. The first-order valence-electron chi connectivity index (χ1n) is 9.09. The minimum absolute atomic E-state index is 0.438. The highest BCUT2D eigenvalue weighted by Gasteiger charge is 2.17. The number of hydrogen-bond donors (Lipinski definition) is 0. The SMILES string of the molecule is COCCOc1c(-c2ccccc2)nc2ccc(SCc3ccccc3)nn12. The monoisotopic (exact) mass is 391 g/mol. The van der Waals surface area contributed by atoms with Gasteiger partial charge in [0.1, 0.15) is 17.3 Å². The lowest BCUT2D eigenvalue weighted by Gasteiger charge is -2.08. The molecule has 142 valence electrons. The fraction of sp³-hybridized carbons (Fsp3) is 0.182. The maximum absolute atomic E-state index is 6.01. The highest BCUT2D eigenvalue weighted by Crippen LogP contribution is 2.31. The summed E-state index contributed by atoms with van der Waals surface area (Å²) < 4.78 is 12.9. The molecule has 5 nitrogen and oxygen atoms in total. The summed E-state index contributed by atoms with van der Waals surface area (Å²) >= 11 is 1.69. The number of hydrogen-bond acceptors (Lipinski definition) is 5. The van der Waals surface area contributed by atoms with Crippen molar-refractivity contribution in [2.75, 3.05) is 20.3 Å². The number of methoxy groups -OCH3 is 1. The van der Waals surface area contributed by atoms with Crippen molar-refractivity contribution in [1.29, 1.82) is 0 Å². The Morgan fingerprint density at radius 3 is 2.39 bits per heavy atom. The van der Waals surface area contributed by atoms with Crippen LogP contribution in [0.5, 0.6) is 5.88 Å². The van der Waals surface area contributed by atoms with Crippen LogP contribution in [-0.2, 0) is 10.5 Å². The van der Waals surface area contributed by atoms with Crippen LogP contribution in [0.25, 0.3) is 16.9 Å². The smallest absolute Gasteiger partial charge is 0.243 e. The van der Waals surface area contributed by atoms with E-state index in [4.69, 9.17) is 19.6 Å². The fourth-order valence-electron chi connectivity index (χ4n) is 2.84. The Morgan fingerprint density at radius 2 is 1.64 bits per heavy atom. The molecule has 0 fully saturated rings. The molecule has 0 N–H and O–H groups in total. The van der Waals surface area contributed by atoms with E-state index in [1.807, 2.05) is 48.5 Å². The Morgan fingerprint density at radius 1 is 0.893 bits per heavy atom. The third kappa shape index (κ3) is 4.18. The van der Waals surface area contributed by atoms with Crippen LogP contribution >= 0.6 is 11.8 Å². The summed E-state index contributed by atoms with van der Waals surface area (Å²) in [6.07, 6.45) is 0. The summed E-state index contributed by atoms with van der Waals surface area (Å²) in [5.74, 6) is 1.50. The van der Waals surface area contributed by atoms with Gasteiger partial charge in [0, 0.05) is 18.4 Å². The maximum atomic E-state index is 6.01. The Hall–Kier alpha value is -2.83. The molecule has 0 spiro atoms. The minimum atomic E-state index is 0.438. The molecule has 0 amide bonds. The average Bonchev–Trinajstić information content (AvgIpc) is 3.12. The molecule has 0 unspecified atom stereocenters. The zero-order valence-corrected chi connectivity index (χ0v) is 16.4. The third-order valence-corrected chi connectivity index (χ3v) is 5.21. The summed E-state index contributed by atoms with van der Waals surface area (Å²) in [5.41, 5.74) is 3.81. The van der Waals surface area contributed by atoms with Crippen LogP contribution in [0.15, 0.2) is 77.8 Å². The van der Waals surface area contributed by atoms with Crippen LogP contribution in [0.4, 0.5) is 0 Å². The summed E-state index contributed by atoms with van der Waals surface area (Å²) in [5, 5.41) is 5.69. The van der Waals surface area contributed by atoms with E-state index in [1.54, 1.807) is 23.4 Å². The van der Waals surface area contributed by atoms with E-state index >= 15 is 0 Å². The molecule has 2 aromatic heterocycles. The van der Waals surface area contributed by atoms with Crippen LogP contribution in [0.3, 0.4) is 0 Å². The zero-order chi connectivity index (χ0) is 19.2. The molecule has 6 heteroatoms. The molecule has 0 aliphatic heterocycles. The van der Waals surface area contributed by atoms with E-state index in [1.165, 1.54) is 5.56 Å². The molecule has 0 aliphatic carbocycles. The van der Waals surface area contributed by atoms with Gasteiger partial charge in [-0.15, -0.1) is 0 Å². The minimum Gasteiger partial charge on any atom is -0.474 e. The van der Waals surface area contributed by atoms with Crippen molar-refractivity contribution in [2.45, 2.75) is 10.8 Å². The predicted molar refractivity (Wildman–Crippen MR) is 112 cm³/mol. The molecule has 4 aromatic rings. The highest BCUT2D eigenvalue weighted by atomic mass is 32.2. The van der Waals surface area contributed by atoms with Crippen molar-refractivity contribution in [3.05, 3.63) is 78.4 Å². The van der Waals surface area contributed by atoms with Crippen molar-refractivity contribution in [3.63, 3.8) is 0 Å². The number of benzene rings is 2. The molecule has 0 aliphatic rings. The average molecular weight is 391 g/mol. The van der Waals surface area contributed by atoms with Gasteiger partial charge in [0.25, 0.3) is 0 Å². The number of imidazole rings is 1. The van der Waals surface area contributed by atoms with Crippen molar-refractivity contribution in [2.24, 2.45) is 0 Å². The number of ether oxygens (including phenoxy) is 2. The summed E-state index contributed by atoms with van der Waals surface area (Å²) in [6, 6.07) is 24.4. The van der Waals surface area contributed by atoms with Crippen LogP contribution in [0.2, 0.25) is 0 Å². The molecule has 0 saturated carbocycles. The quantitative estimate of drug-likeness (QED) is 0.321. The van der Waals surface area contributed by atoms with Gasteiger partial charge in [-0.3, -0.25) is 0 Å². The summed E-state index contributed by atoms with van der Waals surface area (Å²) in [7, 11) is 1.66. The molecule has 28 heavy (non-hydrogen) atoms. The molecule has 0 radical (unpaired) electrons. The van der Waals surface area contributed by atoms with Gasteiger partial charge in [0.05, 0.1) is 6.61 Å². The normalized spacial score (nSPS) is 11.0. The molecule has 2 aromatic carbocycles. The molecule has 0 bridgehead atoms. The van der Waals surface area contributed by atoms with E-state index < -0.39 is 0 Å². The van der Waals surface area contributed by atoms with Crippen LogP contribution in [0.1, 0.15) is 5.56 Å². The summed E-state index contributed by atoms with van der Waals surface area (Å²) in [4.78, 5) is 4.75. The second kappa shape index (κ2) is 8.91. The van der Waals surface area contributed by atoms with Gasteiger partial charge in [-0.05, 0) is 17.7 Å². The molecule has 4 rings (SSSR count). The van der Waals surface area contributed by atoms with Gasteiger partial charge in [0.2, 0.25) is 5.88 Å². The Labute approximate surface area is 168 Å². The standard InChI is InChI=1S/C22H21N3O2S/c1-26-14-15-27-22-21(18-10-6-3-7-11-18)23-19-12-13-20(24-25(19)22)28-16-17-8-4-2-5-9-17/h2-13H,14-16H2,1H3. The Balaban J connectivity index is 1.67. The van der Waals surface area contributed by atoms with E-state index in [0.29, 0.717) is 19.1 Å². The van der Waals surface area contributed by atoms with Gasteiger partial charge in [-0.2, -0.15) is 9.61 Å². The van der Waals surface area contributed by atoms with Gasteiger partial charge in [-0.1, -0.05) is 72.4 Å². The number of thioether (sulfide) groups is 1. The van der Waals surface area contributed by atoms with E-state index in [0.717, 1.165) is 27.7 Å². The first-order valence-corrected chi connectivity index (χ1v) is 10.1. The number of rotatable bonds is 8. The number of fused-ring (bicyclic) bond motifs is 1. The fourth-order valence-corrected chi connectivity index (χ4v) is 3.65. The zero-order valence-electron chi connectivity index (χ0n) is 15.6. The number of nitrogens with zero attached hydrogens (tertiary/aromatic N) is 3. The second-order valence-electron chi connectivity index (χ2n) is 6.19. The van der Waals surface area contributed by atoms with Gasteiger partial charge in [0.15, 0.2) is 5.65 Å². The maximum Gasteiger partial charge on any atom is 0.243 e. The lowest BCUT2D eigenvalue weighted by atomic mass is 10.2. The predicted octanol–water partition coefficient (Wildman–Crippen LogP) is 4.71. The van der Waals surface area contributed by atoms with E-state index in [9.17, 15) is 0 Å². The Kier molecular flexibility index (Phi) is 5.89. The highest BCUT2D eigenvalue weighted by molar-refractivity contribution is 7.98. The molecule has 2 heterocycles. The van der Waals surface area contributed by atoms with E-state index in [2.05, 4.69) is 24.3 Å². The lowest BCUT2D eigenvalue weighted by Crippen LogP contribution is -2.07. The Bertz CT molecular complexity index is 1040. The third-order valence-electron chi connectivity index (χ3n) is 4.21. The first kappa shape index (κ1) is 18.5. The molecular formula is C22H21N3O2S. The second-order valence-corrected chi connectivity index (χ2v) is 7.18. The van der Waals surface area contributed by atoms with E-state index in [-0.39, 0.29) is 0 Å². The lowest BCUT2D eigenvalue weighted by molar-refractivity contribution is 0.142. The molecule has 0 saturated heterocycles. The van der Waals surface area contributed by atoms with Crippen molar-refractivity contribution in [3.8, 4) is 17.1 Å². The molecule has 0 atom stereocenters. The van der Waals surface area contributed by atoms with Crippen LogP contribution in [-0.4, -0.2) is 34.9 Å². The summed E-state index contributed by atoms with van der Waals surface area (Å²) in [6.45, 7) is 0.942. The van der Waals surface area contributed by atoms with Crippen LogP contribution in [0, 0.1) is 0 Å².